The number of benzene rings is 1. The molecule has 1 N–H and O–H groups in total. The zero-order chi connectivity index (χ0) is 14.1. The summed E-state index contributed by atoms with van der Waals surface area (Å²) in [5.74, 6) is 0.467. The number of thioether (sulfide) groups is 1. The average Bonchev–Trinajstić information content (AvgIpc) is 3.04. The highest BCUT2D eigenvalue weighted by molar-refractivity contribution is 7.99. The van der Waals surface area contributed by atoms with Gasteiger partial charge in [0.1, 0.15) is 10.8 Å². The van der Waals surface area contributed by atoms with Gasteiger partial charge in [-0.2, -0.15) is 0 Å². The first kappa shape index (κ1) is 13.3. The third-order valence-corrected chi connectivity index (χ3v) is 4.64. The molecule has 0 saturated carbocycles. The summed E-state index contributed by atoms with van der Waals surface area (Å²) < 4.78 is 13.1. The fraction of sp³-hybridized carbons (Fsp3) is 0.143. The molecule has 20 heavy (non-hydrogen) atoms. The van der Waals surface area contributed by atoms with Crippen LogP contribution in [-0.4, -0.2) is 21.5 Å². The molecule has 0 atom stereocenters. The van der Waals surface area contributed by atoms with Gasteiger partial charge < -0.3 is 4.98 Å². The summed E-state index contributed by atoms with van der Waals surface area (Å²) in [7, 11) is 0. The van der Waals surface area contributed by atoms with Crippen LogP contribution in [0.3, 0.4) is 0 Å². The second kappa shape index (κ2) is 5.38. The van der Waals surface area contributed by atoms with Gasteiger partial charge >= 0.3 is 0 Å². The Morgan fingerprint density at radius 3 is 3.15 bits per heavy atom. The molecular weight excluding hydrogens is 295 g/mol. The van der Waals surface area contributed by atoms with Crippen molar-refractivity contribution in [3.05, 3.63) is 46.2 Å². The molecule has 2 aromatic heterocycles. The van der Waals surface area contributed by atoms with E-state index in [0.29, 0.717) is 16.1 Å². The Morgan fingerprint density at radius 1 is 1.50 bits per heavy atom. The summed E-state index contributed by atoms with van der Waals surface area (Å²) in [5.41, 5.74) is 1.15. The molecule has 0 unspecified atom stereocenters. The number of rotatable bonds is 4. The topological polar surface area (TPSA) is 45.8 Å². The highest BCUT2D eigenvalue weighted by Crippen LogP contribution is 2.26. The Kier molecular flexibility index (Phi) is 3.58. The lowest BCUT2D eigenvalue weighted by molar-refractivity contribution is 0.103. The van der Waals surface area contributed by atoms with Crippen LogP contribution in [0.5, 0.6) is 0 Å². The van der Waals surface area contributed by atoms with E-state index in [1.54, 1.807) is 24.0 Å². The van der Waals surface area contributed by atoms with Crippen LogP contribution in [-0.2, 0) is 0 Å². The van der Waals surface area contributed by atoms with E-state index < -0.39 is 0 Å². The molecule has 0 saturated heterocycles. The number of thiazole rings is 1. The van der Waals surface area contributed by atoms with Crippen molar-refractivity contribution in [2.24, 2.45) is 0 Å². The average molecular weight is 306 g/mol. The van der Waals surface area contributed by atoms with Gasteiger partial charge in [-0.25, -0.2) is 9.37 Å². The maximum Gasteiger partial charge on any atom is 0.223 e. The van der Waals surface area contributed by atoms with Crippen LogP contribution in [0.25, 0.3) is 10.9 Å². The Hall–Kier alpha value is -1.66. The number of carbonyl (C=O) groups excluding carboxylic acids is 1. The number of nitrogens with zero attached hydrogens (tertiary/aromatic N) is 1. The summed E-state index contributed by atoms with van der Waals surface area (Å²) in [6, 6.07) is 4.35. The lowest BCUT2D eigenvalue weighted by atomic mass is 10.1. The standard InChI is InChI=1S/C14H11FN2OS2/c1-2-19-12-7-20-14(17-12)13(18)10-6-16-11-5-8(15)3-4-9(10)11/h3-7,16H,2H2,1H3. The molecule has 0 aliphatic carbocycles. The van der Waals surface area contributed by atoms with Gasteiger partial charge in [0.2, 0.25) is 5.78 Å². The van der Waals surface area contributed by atoms with Crippen LogP contribution in [0.4, 0.5) is 4.39 Å². The zero-order valence-corrected chi connectivity index (χ0v) is 12.3. The van der Waals surface area contributed by atoms with Crippen molar-refractivity contribution in [3.8, 4) is 0 Å². The molecule has 0 aliphatic heterocycles. The first-order chi connectivity index (χ1) is 9.69. The van der Waals surface area contributed by atoms with E-state index in [1.165, 1.54) is 23.5 Å². The van der Waals surface area contributed by atoms with Gasteiger partial charge in [0.25, 0.3) is 0 Å². The zero-order valence-electron chi connectivity index (χ0n) is 10.6. The summed E-state index contributed by atoms with van der Waals surface area (Å²) in [6.45, 7) is 2.04. The Morgan fingerprint density at radius 2 is 2.35 bits per heavy atom. The molecule has 1 aromatic carbocycles. The molecule has 0 bridgehead atoms. The Balaban J connectivity index is 1.99. The van der Waals surface area contributed by atoms with Crippen molar-refractivity contribution in [2.45, 2.75) is 11.9 Å². The molecule has 3 aromatic rings. The molecular formula is C14H11FN2OS2. The number of carbonyl (C=O) groups is 1. The third kappa shape index (κ3) is 2.36. The van der Waals surface area contributed by atoms with E-state index in [9.17, 15) is 9.18 Å². The van der Waals surface area contributed by atoms with Gasteiger partial charge in [-0.1, -0.05) is 6.92 Å². The summed E-state index contributed by atoms with van der Waals surface area (Å²) in [6.07, 6.45) is 1.61. The Labute approximate surface area is 123 Å². The minimum Gasteiger partial charge on any atom is -0.360 e. The molecule has 2 heterocycles. The van der Waals surface area contributed by atoms with Crippen LogP contribution in [0, 0.1) is 5.82 Å². The number of aromatic nitrogens is 2. The van der Waals surface area contributed by atoms with Crippen molar-refractivity contribution in [1.82, 2.24) is 9.97 Å². The molecule has 6 heteroatoms. The minimum atomic E-state index is -0.325. The largest absolute Gasteiger partial charge is 0.360 e. The van der Waals surface area contributed by atoms with Gasteiger partial charge in [0, 0.05) is 22.5 Å². The maximum atomic E-state index is 13.1. The van der Waals surface area contributed by atoms with E-state index in [2.05, 4.69) is 9.97 Å². The van der Waals surface area contributed by atoms with E-state index in [0.717, 1.165) is 16.2 Å². The number of nitrogens with one attached hydrogen (secondary N) is 1. The van der Waals surface area contributed by atoms with Crippen LogP contribution >= 0.6 is 23.1 Å². The van der Waals surface area contributed by atoms with E-state index in [1.807, 2.05) is 12.3 Å². The highest BCUT2D eigenvalue weighted by atomic mass is 32.2. The highest BCUT2D eigenvalue weighted by Gasteiger charge is 2.17. The molecule has 0 spiro atoms. The molecule has 0 fully saturated rings. The van der Waals surface area contributed by atoms with Gasteiger partial charge in [-0.05, 0) is 24.0 Å². The number of hydrogen-bond acceptors (Lipinski definition) is 4. The Bertz CT molecular complexity index is 778. The van der Waals surface area contributed by atoms with Crippen LogP contribution in [0.2, 0.25) is 0 Å². The number of hydrogen-bond donors (Lipinski definition) is 1. The number of aromatic amines is 1. The fourth-order valence-corrected chi connectivity index (χ4v) is 3.54. The van der Waals surface area contributed by atoms with E-state index in [4.69, 9.17) is 0 Å². The van der Waals surface area contributed by atoms with Gasteiger partial charge in [-0.15, -0.1) is 23.1 Å². The number of halogens is 1. The quantitative estimate of drug-likeness (QED) is 0.583. The number of fused-ring (bicyclic) bond motifs is 1. The van der Waals surface area contributed by atoms with Crippen molar-refractivity contribution >= 4 is 39.8 Å². The monoisotopic (exact) mass is 306 g/mol. The number of ketones is 1. The lowest BCUT2D eigenvalue weighted by Crippen LogP contribution is -1.99. The molecule has 0 amide bonds. The van der Waals surface area contributed by atoms with Gasteiger partial charge in [0.05, 0.1) is 5.56 Å². The first-order valence-corrected chi connectivity index (χ1v) is 7.95. The SMILES string of the molecule is CCSc1csc(C(=O)c2c[nH]c3cc(F)ccc23)n1. The lowest BCUT2D eigenvalue weighted by Gasteiger charge is -1.95. The smallest absolute Gasteiger partial charge is 0.223 e. The molecule has 0 radical (unpaired) electrons. The van der Waals surface area contributed by atoms with Crippen molar-refractivity contribution in [2.75, 3.05) is 5.75 Å². The van der Waals surface area contributed by atoms with E-state index >= 15 is 0 Å². The van der Waals surface area contributed by atoms with Crippen molar-refractivity contribution in [3.63, 3.8) is 0 Å². The van der Waals surface area contributed by atoms with Gasteiger partial charge in [-0.3, -0.25) is 4.79 Å². The van der Waals surface area contributed by atoms with Crippen LogP contribution in [0.15, 0.2) is 34.8 Å². The molecule has 0 aliphatic rings. The second-order valence-electron chi connectivity index (χ2n) is 4.15. The summed E-state index contributed by atoms with van der Waals surface area (Å²) >= 11 is 2.94. The maximum absolute atomic E-state index is 13.1. The minimum absolute atomic E-state index is 0.129. The fourth-order valence-electron chi connectivity index (χ4n) is 1.98. The van der Waals surface area contributed by atoms with Crippen LogP contribution in [0.1, 0.15) is 22.3 Å². The van der Waals surface area contributed by atoms with Crippen LogP contribution < -0.4 is 0 Å². The first-order valence-electron chi connectivity index (χ1n) is 6.08. The van der Waals surface area contributed by atoms with E-state index in [-0.39, 0.29) is 11.6 Å². The summed E-state index contributed by atoms with van der Waals surface area (Å²) in [4.78, 5) is 19.7. The number of H-pyrrole nitrogens is 1. The third-order valence-electron chi connectivity index (χ3n) is 2.86. The normalized spacial score (nSPS) is 11.1. The van der Waals surface area contributed by atoms with Crippen molar-refractivity contribution < 1.29 is 9.18 Å². The predicted molar refractivity (Wildman–Crippen MR) is 80.2 cm³/mol. The molecule has 3 nitrogen and oxygen atoms in total. The van der Waals surface area contributed by atoms with Crippen molar-refractivity contribution in [1.29, 1.82) is 0 Å². The predicted octanol–water partition coefficient (Wildman–Crippen LogP) is 4.11. The van der Waals surface area contributed by atoms with Gasteiger partial charge in [0.15, 0.2) is 5.01 Å². The summed E-state index contributed by atoms with van der Waals surface area (Å²) in [5, 5.41) is 3.94. The second-order valence-corrected chi connectivity index (χ2v) is 6.29. The molecule has 102 valence electrons. The molecule has 3 rings (SSSR count).